The van der Waals surface area contributed by atoms with Gasteiger partial charge >= 0.3 is 0 Å². The molecule has 2 rings (SSSR count). The van der Waals surface area contributed by atoms with Gasteiger partial charge in [0, 0.05) is 0 Å². The zero-order chi connectivity index (χ0) is 10.3. The number of rotatable bonds is 1. The van der Waals surface area contributed by atoms with E-state index in [1.165, 1.54) is 19.1 Å². The summed E-state index contributed by atoms with van der Waals surface area (Å²) >= 11 is 0. The third-order valence-corrected chi connectivity index (χ3v) is 2.18. The second-order valence-electron chi connectivity index (χ2n) is 3.10. The van der Waals surface area contributed by atoms with Crippen LogP contribution in [0.25, 0.3) is 0 Å². The van der Waals surface area contributed by atoms with Crippen LogP contribution in [0.5, 0.6) is 0 Å². The third-order valence-electron chi connectivity index (χ3n) is 2.18. The lowest BCUT2D eigenvalue weighted by atomic mass is 10.1. The van der Waals surface area contributed by atoms with Crippen molar-refractivity contribution in [2.24, 2.45) is 0 Å². The summed E-state index contributed by atoms with van der Waals surface area (Å²) in [6, 6.07) is 6.35. The second kappa shape index (κ2) is 2.90. The lowest BCUT2D eigenvalue weighted by Gasteiger charge is -2.14. The highest BCUT2D eigenvalue weighted by Gasteiger charge is 2.38. The van der Waals surface area contributed by atoms with Crippen molar-refractivity contribution in [2.45, 2.75) is 13.2 Å². The maximum absolute atomic E-state index is 13.0. The van der Waals surface area contributed by atoms with Gasteiger partial charge in [0.1, 0.15) is 0 Å². The van der Waals surface area contributed by atoms with Gasteiger partial charge in [-0.05, 0) is 19.1 Å². The first-order valence-electron chi connectivity index (χ1n) is 4.24. The molecular weight excluding hydrogens is 185 g/mol. The molecule has 0 spiro atoms. The number of carbonyl (C=O) groups is 2. The van der Waals surface area contributed by atoms with Crippen LogP contribution in [-0.2, 0) is 0 Å². The van der Waals surface area contributed by atoms with E-state index in [9.17, 15) is 14.0 Å². The van der Waals surface area contributed by atoms with E-state index in [0.717, 1.165) is 0 Å². The molecule has 0 aromatic heterocycles. The molecule has 0 aliphatic carbocycles. The smallest absolute Gasteiger partial charge is 0.263 e. The number of hydrogen-bond donors (Lipinski definition) is 0. The van der Waals surface area contributed by atoms with Crippen LogP contribution in [0.1, 0.15) is 27.6 Å². The Kier molecular flexibility index (Phi) is 1.84. The predicted molar refractivity (Wildman–Crippen MR) is 47.5 cm³/mol. The SMILES string of the molecule is C[C@@H](F)N1C(=O)c2ccccc2C1=O. The molecule has 1 aromatic rings. The molecule has 1 aliphatic heterocycles. The van der Waals surface area contributed by atoms with E-state index in [0.29, 0.717) is 4.90 Å². The number of hydrogen-bond acceptors (Lipinski definition) is 2. The minimum atomic E-state index is -1.58. The van der Waals surface area contributed by atoms with Gasteiger partial charge < -0.3 is 0 Å². The molecule has 0 fully saturated rings. The molecule has 2 amide bonds. The standard InChI is InChI=1S/C10H8FNO2/c1-6(11)12-9(13)7-4-2-3-5-8(7)10(12)14/h2-6H,1H3/t6-/m0/s1. The molecular formula is C10H8FNO2. The fraction of sp³-hybridized carbons (Fsp3) is 0.200. The van der Waals surface area contributed by atoms with E-state index in [1.807, 2.05) is 0 Å². The summed E-state index contributed by atoms with van der Waals surface area (Å²) in [6.45, 7) is 1.17. The number of imide groups is 1. The van der Waals surface area contributed by atoms with Crippen LogP contribution >= 0.6 is 0 Å². The van der Waals surface area contributed by atoms with E-state index in [1.54, 1.807) is 12.1 Å². The summed E-state index contributed by atoms with van der Waals surface area (Å²) in [5.74, 6) is -1.11. The molecule has 0 unspecified atom stereocenters. The van der Waals surface area contributed by atoms with Gasteiger partial charge in [-0.2, -0.15) is 0 Å². The molecule has 1 aliphatic rings. The van der Waals surface area contributed by atoms with Crippen molar-refractivity contribution in [3.8, 4) is 0 Å². The molecule has 0 radical (unpaired) electrons. The van der Waals surface area contributed by atoms with Gasteiger partial charge in [-0.3, -0.25) is 9.59 Å². The number of benzene rings is 1. The Morgan fingerprint density at radius 1 is 1.14 bits per heavy atom. The van der Waals surface area contributed by atoms with Gasteiger partial charge in [-0.1, -0.05) is 12.1 Å². The maximum Gasteiger partial charge on any atom is 0.263 e. The maximum atomic E-state index is 13.0. The minimum Gasteiger partial charge on any atom is -0.268 e. The quantitative estimate of drug-likeness (QED) is 0.501. The van der Waals surface area contributed by atoms with Crippen LogP contribution in [-0.4, -0.2) is 23.0 Å². The summed E-state index contributed by atoms with van der Waals surface area (Å²) in [7, 11) is 0. The number of nitrogens with zero attached hydrogens (tertiary/aromatic N) is 1. The van der Waals surface area contributed by atoms with Crippen molar-refractivity contribution in [1.29, 1.82) is 0 Å². The molecule has 3 nitrogen and oxygen atoms in total. The predicted octanol–water partition coefficient (Wildman–Crippen LogP) is 1.60. The summed E-state index contributed by atoms with van der Waals surface area (Å²) < 4.78 is 13.0. The molecule has 0 N–H and O–H groups in total. The van der Waals surface area contributed by atoms with Gasteiger partial charge in [0.05, 0.1) is 11.1 Å². The lowest BCUT2D eigenvalue weighted by molar-refractivity contribution is 0.0454. The summed E-state index contributed by atoms with van der Waals surface area (Å²) in [6.07, 6.45) is -1.58. The average Bonchev–Trinajstić information content (AvgIpc) is 2.41. The van der Waals surface area contributed by atoms with E-state index < -0.39 is 18.1 Å². The number of fused-ring (bicyclic) bond motifs is 1. The highest BCUT2D eigenvalue weighted by molar-refractivity contribution is 6.21. The average molecular weight is 193 g/mol. The Balaban J connectivity index is 2.54. The number of halogens is 1. The zero-order valence-corrected chi connectivity index (χ0v) is 7.53. The van der Waals surface area contributed by atoms with E-state index >= 15 is 0 Å². The second-order valence-corrected chi connectivity index (χ2v) is 3.10. The van der Waals surface area contributed by atoms with Gasteiger partial charge in [0.15, 0.2) is 6.30 Å². The van der Waals surface area contributed by atoms with Gasteiger partial charge in [-0.25, -0.2) is 9.29 Å². The number of carbonyl (C=O) groups excluding carboxylic acids is 2. The molecule has 0 saturated heterocycles. The first kappa shape index (κ1) is 8.87. The molecule has 14 heavy (non-hydrogen) atoms. The Hall–Kier alpha value is -1.71. The summed E-state index contributed by atoms with van der Waals surface area (Å²) in [5.41, 5.74) is 0.559. The molecule has 0 saturated carbocycles. The van der Waals surface area contributed by atoms with Crippen LogP contribution in [0.3, 0.4) is 0 Å². The first-order chi connectivity index (χ1) is 6.63. The fourth-order valence-corrected chi connectivity index (χ4v) is 1.53. The van der Waals surface area contributed by atoms with Crippen molar-refractivity contribution >= 4 is 11.8 Å². The molecule has 1 heterocycles. The van der Waals surface area contributed by atoms with Crippen LogP contribution in [0.2, 0.25) is 0 Å². The van der Waals surface area contributed by atoms with E-state index in [-0.39, 0.29) is 11.1 Å². The Morgan fingerprint density at radius 3 is 1.93 bits per heavy atom. The molecule has 0 bridgehead atoms. The van der Waals surface area contributed by atoms with Crippen LogP contribution in [0.4, 0.5) is 4.39 Å². The fourth-order valence-electron chi connectivity index (χ4n) is 1.53. The Bertz CT molecular complexity index is 379. The van der Waals surface area contributed by atoms with Crippen molar-refractivity contribution in [2.75, 3.05) is 0 Å². The normalized spacial score (nSPS) is 17.1. The molecule has 1 atom stereocenters. The lowest BCUT2D eigenvalue weighted by Crippen LogP contribution is -2.35. The Morgan fingerprint density at radius 2 is 1.57 bits per heavy atom. The largest absolute Gasteiger partial charge is 0.268 e. The van der Waals surface area contributed by atoms with Crippen LogP contribution in [0.15, 0.2) is 24.3 Å². The Labute approximate surface area is 80.1 Å². The highest BCUT2D eigenvalue weighted by Crippen LogP contribution is 2.24. The van der Waals surface area contributed by atoms with Crippen LogP contribution in [0, 0.1) is 0 Å². The topological polar surface area (TPSA) is 37.4 Å². The highest BCUT2D eigenvalue weighted by atomic mass is 19.1. The molecule has 1 aromatic carbocycles. The third kappa shape index (κ3) is 1.04. The van der Waals surface area contributed by atoms with Gasteiger partial charge in [-0.15, -0.1) is 0 Å². The zero-order valence-electron chi connectivity index (χ0n) is 7.53. The van der Waals surface area contributed by atoms with Crippen molar-refractivity contribution in [1.82, 2.24) is 4.90 Å². The van der Waals surface area contributed by atoms with E-state index in [4.69, 9.17) is 0 Å². The number of alkyl halides is 1. The monoisotopic (exact) mass is 193 g/mol. The molecule has 4 heteroatoms. The minimum absolute atomic E-state index is 0.280. The summed E-state index contributed by atoms with van der Waals surface area (Å²) in [5, 5.41) is 0. The van der Waals surface area contributed by atoms with Crippen molar-refractivity contribution in [3.05, 3.63) is 35.4 Å². The summed E-state index contributed by atoms with van der Waals surface area (Å²) in [4.78, 5) is 23.7. The molecule has 72 valence electrons. The van der Waals surface area contributed by atoms with Crippen LogP contribution < -0.4 is 0 Å². The first-order valence-corrected chi connectivity index (χ1v) is 4.24. The van der Waals surface area contributed by atoms with E-state index in [2.05, 4.69) is 0 Å². The van der Waals surface area contributed by atoms with Gasteiger partial charge in [0.25, 0.3) is 11.8 Å². The van der Waals surface area contributed by atoms with Crippen molar-refractivity contribution in [3.63, 3.8) is 0 Å². The number of amides is 2. The van der Waals surface area contributed by atoms with Gasteiger partial charge in [0.2, 0.25) is 0 Å². The van der Waals surface area contributed by atoms with Crippen molar-refractivity contribution < 1.29 is 14.0 Å².